The maximum atomic E-state index is 8.86. The smallest absolute Gasteiger partial charge is 0.0858 e. The van der Waals surface area contributed by atoms with Gasteiger partial charge in [0.05, 0.1) is 24.0 Å². The van der Waals surface area contributed by atoms with Gasteiger partial charge in [-0.2, -0.15) is 0 Å². The second-order valence-electron chi connectivity index (χ2n) is 2.73. The van der Waals surface area contributed by atoms with Crippen LogP contribution in [0.4, 0.5) is 11.4 Å². The Morgan fingerprint density at radius 3 is 3.08 bits per heavy atom. The van der Waals surface area contributed by atoms with Gasteiger partial charge in [-0.05, 0) is 12.1 Å². The Bertz CT molecular complexity index is 309. The molecule has 1 aliphatic rings. The molecule has 1 aliphatic heterocycles. The fourth-order valence-electron chi connectivity index (χ4n) is 1.21. The lowest BCUT2D eigenvalue weighted by Crippen LogP contribution is -2.27. The number of para-hydroxylation sites is 2. The third kappa shape index (κ3) is 1.19. The summed E-state index contributed by atoms with van der Waals surface area (Å²) in [6.07, 6.45) is 1.72. The summed E-state index contributed by atoms with van der Waals surface area (Å²) in [5.41, 5.74) is 1.92. The van der Waals surface area contributed by atoms with Gasteiger partial charge < -0.3 is 10.4 Å². The molecule has 3 nitrogen and oxygen atoms in total. The van der Waals surface area contributed by atoms with Gasteiger partial charge in [-0.15, -0.1) is 0 Å². The van der Waals surface area contributed by atoms with Gasteiger partial charge in [0.15, 0.2) is 0 Å². The van der Waals surface area contributed by atoms with E-state index in [1.807, 2.05) is 24.3 Å². The molecule has 1 atom stereocenters. The number of benzene rings is 1. The van der Waals surface area contributed by atoms with Crippen LogP contribution in [0.3, 0.4) is 0 Å². The molecule has 2 N–H and O–H groups in total. The number of fused-ring (bicyclic) bond motifs is 1. The number of aliphatic hydroxyl groups is 1. The van der Waals surface area contributed by atoms with Crippen molar-refractivity contribution in [3.8, 4) is 0 Å². The van der Waals surface area contributed by atoms with E-state index in [1.165, 1.54) is 0 Å². The van der Waals surface area contributed by atoms with Gasteiger partial charge in [0.1, 0.15) is 0 Å². The maximum absolute atomic E-state index is 8.86. The normalized spacial score (nSPS) is 19.9. The van der Waals surface area contributed by atoms with Crippen molar-refractivity contribution in [2.75, 3.05) is 11.9 Å². The Hall–Kier alpha value is -1.35. The summed E-state index contributed by atoms with van der Waals surface area (Å²) in [5.74, 6) is 0. The van der Waals surface area contributed by atoms with Gasteiger partial charge in [0.2, 0.25) is 0 Å². The molecular weight excluding hydrogens is 152 g/mol. The third-order valence-corrected chi connectivity index (χ3v) is 1.84. The van der Waals surface area contributed by atoms with Crippen LogP contribution in [0, 0.1) is 0 Å². The number of aliphatic hydroxyl groups excluding tert-OH is 1. The van der Waals surface area contributed by atoms with Crippen molar-refractivity contribution in [1.82, 2.24) is 0 Å². The first-order valence-electron chi connectivity index (χ1n) is 3.91. The molecule has 0 spiro atoms. The zero-order chi connectivity index (χ0) is 8.39. The predicted octanol–water partition coefficient (Wildman–Crippen LogP) is 1.18. The summed E-state index contributed by atoms with van der Waals surface area (Å²) in [6, 6.07) is 7.74. The first-order valence-corrected chi connectivity index (χ1v) is 3.91. The quantitative estimate of drug-likeness (QED) is 0.651. The Morgan fingerprint density at radius 2 is 2.25 bits per heavy atom. The lowest BCUT2D eigenvalue weighted by Gasteiger charge is -2.18. The van der Waals surface area contributed by atoms with Crippen LogP contribution < -0.4 is 5.32 Å². The van der Waals surface area contributed by atoms with Crippen molar-refractivity contribution < 1.29 is 5.11 Å². The van der Waals surface area contributed by atoms with E-state index >= 15 is 0 Å². The molecule has 3 heteroatoms. The first kappa shape index (κ1) is 7.31. The summed E-state index contributed by atoms with van der Waals surface area (Å²) >= 11 is 0. The summed E-state index contributed by atoms with van der Waals surface area (Å²) < 4.78 is 0. The number of hydrogen-bond acceptors (Lipinski definition) is 3. The number of aliphatic imine (C=N–C) groups is 1. The van der Waals surface area contributed by atoms with Crippen LogP contribution in [0.25, 0.3) is 0 Å². The van der Waals surface area contributed by atoms with E-state index < -0.39 is 0 Å². The molecule has 1 unspecified atom stereocenters. The Kier molecular flexibility index (Phi) is 1.80. The van der Waals surface area contributed by atoms with Crippen molar-refractivity contribution >= 4 is 17.6 Å². The maximum Gasteiger partial charge on any atom is 0.0858 e. The summed E-state index contributed by atoms with van der Waals surface area (Å²) in [5, 5.41) is 12.0. The molecule has 0 radical (unpaired) electrons. The Labute approximate surface area is 70.8 Å². The summed E-state index contributed by atoms with van der Waals surface area (Å²) in [6.45, 7) is 0.0812. The van der Waals surface area contributed by atoms with Gasteiger partial charge in [-0.3, -0.25) is 4.99 Å². The van der Waals surface area contributed by atoms with Crippen molar-refractivity contribution in [3.63, 3.8) is 0 Å². The van der Waals surface area contributed by atoms with E-state index in [2.05, 4.69) is 10.3 Å². The minimum absolute atomic E-state index is 0.0418. The zero-order valence-corrected chi connectivity index (χ0v) is 6.57. The van der Waals surface area contributed by atoms with Gasteiger partial charge in [0.25, 0.3) is 0 Å². The minimum atomic E-state index is -0.0418. The Balaban J connectivity index is 2.33. The van der Waals surface area contributed by atoms with Crippen LogP contribution in [0.15, 0.2) is 29.3 Å². The van der Waals surface area contributed by atoms with E-state index in [1.54, 1.807) is 6.21 Å². The highest BCUT2D eigenvalue weighted by Crippen LogP contribution is 2.26. The summed E-state index contributed by atoms with van der Waals surface area (Å²) in [4.78, 5) is 4.20. The standard InChI is InChI=1S/C9H10N2O/c12-6-7-5-10-8-3-1-2-4-9(8)11-7/h1-5,7,11-12H,6H2. The van der Waals surface area contributed by atoms with E-state index in [0.717, 1.165) is 11.4 Å². The molecule has 0 aromatic heterocycles. The van der Waals surface area contributed by atoms with Crippen molar-refractivity contribution in [1.29, 1.82) is 0 Å². The number of nitrogens with zero attached hydrogens (tertiary/aromatic N) is 1. The lowest BCUT2D eigenvalue weighted by molar-refractivity contribution is 0.297. The highest BCUT2D eigenvalue weighted by molar-refractivity contribution is 5.82. The summed E-state index contributed by atoms with van der Waals surface area (Å²) in [7, 11) is 0. The van der Waals surface area contributed by atoms with Crippen molar-refractivity contribution in [3.05, 3.63) is 24.3 Å². The molecule has 0 saturated heterocycles. The van der Waals surface area contributed by atoms with Gasteiger partial charge >= 0.3 is 0 Å². The molecule has 2 rings (SSSR count). The molecule has 0 fully saturated rings. The van der Waals surface area contributed by atoms with Crippen LogP contribution in [-0.2, 0) is 0 Å². The second kappa shape index (κ2) is 2.95. The molecule has 0 bridgehead atoms. The lowest BCUT2D eigenvalue weighted by atomic mass is 10.2. The fraction of sp³-hybridized carbons (Fsp3) is 0.222. The van der Waals surface area contributed by atoms with Gasteiger partial charge in [-0.25, -0.2) is 0 Å². The zero-order valence-electron chi connectivity index (χ0n) is 6.57. The van der Waals surface area contributed by atoms with Crippen LogP contribution in [0.5, 0.6) is 0 Å². The highest BCUT2D eigenvalue weighted by atomic mass is 16.3. The van der Waals surface area contributed by atoms with Crippen LogP contribution >= 0.6 is 0 Å². The molecule has 0 amide bonds. The average molecular weight is 162 g/mol. The minimum Gasteiger partial charge on any atom is -0.394 e. The highest BCUT2D eigenvalue weighted by Gasteiger charge is 2.10. The number of nitrogens with one attached hydrogen (secondary N) is 1. The molecular formula is C9H10N2O. The van der Waals surface area contributed by atoms with E-state index in [4.69, 9.17) is 5.11 Å². The number of anilines is 1. The average Bonchev–Trinajstić information content (AvgIpc) is 2.17. The van der Waals surface area contributed by atoms with Crippen LogP contribution in [0.1, 0.15) is 0 Å². The van der Waals surface area contributed by atoms with Crippen LogP contribution in [-0.4, -0.2) is 24.0 Å². The van der Waals surface area contributed by atoms with Gasteiger partial charge in [-0.1, -0.05) is 12.1 Å². The largest absolute Gasteiger partial charge is 0.394 e. The van der Waals surface area contributed by atoms with Crippen LogP contribution in [0.2, 0.25) is 0 Å². The number of rotatable bonds is 1. The third-order valence-electron chi connectivity index (χ3n) is 1.84. The molecule has 62 valence electrons. The molecule has 12 heavy (non-hydrogen) atoms. The fourth-order valence-corrected chi connectivity index (χ4v) is 1.21. The van der Waals surface area contributed by atoms with E-state index in [9.17, 15) is 0 Å². The van der Waals surface area contributed by atoms with Crippen molar-refractivity contribution in [2.45, 2.75) is 6.04 Å². The van der Waals surface area contributed by atoms with E-state index in [-0.39, 0.29) is 12.6 Å². The van der Waals surface area contributed by atoms with E-state index in [0.29, 0.717) is 0 Å². The second-order valence-corrected chi connectivity index (χ2v) is 2.73. The predicted molar refractivity (Wildman–Crippen MR) is 49.1 cm³/mol. The SMILES string of the molecule is OCC1C=Nc2ccccc2N1. The number of hydrogen-bond donors (Lipinski definition) is 2. The van der Waals surface area contributed by atoms with Gasteiger partial charge in [0, 0.05) is 6.21 Å². The monoisotopic (exact) mass is 162 g/mol. The molecule has 1 aromatic carbocycles. The van der Waals surface area contributed by atoms with Crippen molar-refractivity contribution in [2.24, 2.45) is 4.99 Å². The molecule has 0 aliphatic carbocycles. The molecule has 1 heterocycles. The Morgan fingerprint density at radius 1 is 1.42 bits per heavy atom. The molecule has 0 saturated carbocycles. The molecule has 1 aromatic rings. The topological polar surface area (TPSA) is 44.6 Å². The first-order chi connectivity index (χ1) is 5.90.